The molecule has 3 N–H and O–H groups in total. The van der Waals surface area contributed by atoms with Crippen molar-refractivity contribution in [3.05, 3.63) is 107 Å². The summed E-state index contributed by atoms with van der Waals surface area (Å²) >= 11 is 0. The molecular formula is C31H36F2N5O. The zero-order chi connectivity index (χ0) is 27.0. The molecule has 1 amide bonds. The van der Waals surface area contributed by atoms with E-state index < -0.39 is 5.66 Å². The first-order valence-electron chi connectivity index (χ1n) is 13.2. The number of rotatable bonds is 10. The van der Waals surface area contributed by atoms with Crippen LogP contribution in [0.25, 0.3) is 0 Å². The summed E-state index contributed by atoms with van der Waals surface area (Å²) in [6.45, 7) is 5.43. The standard InChI is InChI=1S/C31H30F2N5O.3H2/c1-2-29(39)36-24-5-3-4-20(14-24)26-15-27(26)30-21-16-31(17-21,34-18-28(30)33)37-23-8-6-22(7-9-23)35-25-10-12-38(19-25)13-11-32;;;/h2-9,14-16,18,25,35,37H,1,10-13,17,19H2,(H,36,39);3*1H/t25-,31?;;;/m0.../s1. The lowest BCUT2D eigenvalue weighted by molar-refractivity contribution is -0.111. The summed E-state index contributed by atoms with van der Waals surface area (Å²) in [6.07, 6.45) is 8.07. The minimum atomic E-state index is -0.674. The number of fused-ring (bicyclic) bond motifs is 1. The summed E-state index contributed by atoms with van der Waals surface area (Å²) in [4.78, 5) is 18.3. The van der Waals surface area contributed by atoms with Gasteiger partial charge in [0.05, 0.1) is 12.1 Å². The van der Waals surface area contributed by atoms with Gasteiger partial charge in [0.1, 0.15) is 12.5 Å². The van der Waals surface area contributed by atoms with Gasteiger partial charge in [-0.2, -0.15) is 0 Å². The third-order valence-corrected chi connectivity index (χ3v) is 7.52. The molecule has 0 saturated carbocycles. The zero-order valence-electron chi connectivity index (χ0n) is 21.5. The van der Waals surface area contributed by atoms with E-state index in [9.17, 15) is 9.18 Å². The Morgan fingerprint density at radius 2 is 2.00 bits per heavy atom. The Kier molecular flexibility index (Phi) is 6.64. The Hall–Kier alpha value is -4.04. The second-order valence-corrected chi connectivity index (χ2v) is 10.3. The zero-order valence-corrected chi connectivity index (χ0v) is 21.5. The number of benzene rings is 2. The number of hydrogen-bond donors (Lipinski definition) is 3. The molecule has 8 heteroatoms. The van der Waals surface area contributed by atoms with Gasteiger partial charge in [0.25, 0.3) is 0 Å². The molecule has 1 saturated heterocycles. The molecule has 0 aromatic heterocycles. The number of anilines is 3. The van der Waals surface area contributed by atoms with E-state index in [0.29, 0.717) is 30.3 Å². The van der Waals surface area contributed by atoms with E-state index in [2.05, 4.69) is 32.4 Å². The average Bonchev–Trinajstić information content (AvgIpc) is 3.63. The van der Waals surface area contributed by atoms with Crippen LogP contribution in [-0.2, 0) is 4.79 Å². The number of carbonyl (C=O) groups excluding carboxylic acids is 1. The third-order valence-electron chi connectivity index (χ3n) is 7.52. The maximum Gasteiger partial charge on any atom is 0.247 e. The first-order valence-corrected chi connectivity index (χ1v) is 13.2. The van der Waals surface area contributed by atoms with Crippen molar-refractivity contribution in [3.8, 4) is 0 Å². The van der Waals surface area contributed by atoms with Crippen LogP contribution in [0.2, 0.25) is 0 Å². The van der Waals surface area contributed by atoms with Crippen molar-refractivity contribution in [2.75, 3.05) is 42.3 Å². The fraction of sp³-hybridized carbons (Fsp3) is 0.258. The van der Waals surface area contributed by atoms with Crippen LogP contribution in [0.15, 0.2) is 101 Å². The number of likely N-dealkylation sites (tertiary alicyclic amines) is 1. The van der Waals surface area contributed by atoms with Crippen LogP contribution in [-0.4, -0.2) is 55.0 Å². The topological polar surface area (TPSA) is 68.8 Å². The third kappa shape index (κ3) is 5.29. The molecule has 1 radical (unpaired) electrons. The second kappa shape index (κ2) is 10.3. The SMILES string of the molecule is C=CC(=O)Nc1cccc([C]2C=C2C2=C(F)C=NC3(Nc4ccc(N[C@H]5CCN(CCF)C5)cc4)C=C2C3)c1.[HH].[HH].[HH]. The van der Waals surface area contributed by atoms with E-state index >= 15 is 4.39 Å². The van der Waals surface area contributed by atoms with Gasteiger partial charge < -0.3 is 16.0 Å². The molecule has 2 aromatic rings. The average molecular weight is 533 g/mol. The van der Waals surface area contributed by atoms with E-state index in [-0.39, 0.29) is 22.7 Å². The molecule has 3 heterocycles. The Morgan fingerprint density at radius 1 is 1.21 bits per heavy atom. The second-order valence-electron chi connectivity index (χ2n) is 10.3. The molecule has 2 bridgehead atoms. The lowest BCUT2D eigenvalue weighted by atomic mass is 9.80. The van der Waals surface area contributed by atoms with Crippen molar-refractivity contribution in [1.82, 2.24) is 4.90 Å². The molecule has 2 aromatic carbocycles. The van der Waals surface area contributed by atoms with Crippen LogP contribution in [0.4, 0.5) is 25.8 Å². The van der Waals surface area contributed by atoms with Gasteiger partial charge in [-0.15, -0.1) is 0 Å². The van der Waals surface area contributed by atoms with Gasteiger partial charge in [-0.25, -0.2) is 8.78 Å². The molecule has 39 heavy (non-hydrogen) atoms. The monoisotopic (exact) mass is 532 g/mol. The minimum absolute atomic E-state index is 0. The van der Waals surface area contributed by atoms with Crippen LogP contribution in [0.1, 0.15) is 22.7 Å². The number of nitrogens with one attached hydrogen (secondary N) is 3. The number of allylic oxidation sites excluding steroid dienone is 4. The van der Waals surface area contributed by atoms with E-state index in [4.69, 9.17) is 0 Å². The molecule has 7 rings (SSSR count). The smallest absolute Gasteiger partial charge is 0.247 e. The van der Waals surface area contributed by atoms with Gasteiger partial charge in [-0.1, -0.05) is 24.8 Å². The quantitative estimate of drug-likeness (QED) is 0.314. The van der Waals surface area contributed by atoms with Gasteiger partial charge >= 0.3 is 0 Å². The van der Waals surface area contributed by atoms with Gasteiger partial charge in [0, 0.05) is 59.0 Å². The van der Waals surface area contributed by atoms with E-state index in [1.807, 2.05) is 54.6 Å². The van der Waals surface area contributed by atoms with Crippen molar-refractivity contribution >= 4 is 29.2 Å². The summed E-state index contributed by atoms with van der Waals surface area (Å²) in [5, 5.41) is 9.75. The maximum absolute atomic E-state index is 15.2. The molecule has 205 valence electrons. The normalized spacial score (nSPS) is 23.9. The molecule has 2 aliphatic carbocycles. The van der Waals surface area contributed by atoms with Crippen molar-refractivity contribution in [2.45, 2.75) is 24.5 Å². The summed E-state index contributed by atoms with van der Waals surface area (Å²) in [5.74, 6) is 0.326. The summed E-state index contributed by atoms with van der Waals surface area (Å²) in [6, 6.07) is 15.8. The van der Waals surface area contributed by atoms with E-state index in [1.165, 1.54) is 12.3 Å². The highest BCUT2D eigenvalue weighted by molar-refractivity contribution is 5.99. The molecule has 2 atom stereocenters. The highest BCUT2D eigenvalue weighted by atomic mass is 19.1. The molecule has 1 unspecified atom stereocenters. The van der Waals surface area contributed by atoms with Crippen molar-refractivity contribution in [1.29, 1.82) is 0 Å². The Balaban J connectivity index is 0.00000161. The van der Waals surface area contributed by atoms with Crippen molar-refractivity contribution < 1.29 is 17.9 Å². The van der Waals surface area contributed by atoms with Gasteiger partial charge in [-0.05, 0) is 71.7 Å². The van der Waals surface area contributed by atoms with Gasteiger partial charge in [0.2, 0.25) is 5.91 Å². The number of nitrogens with zero attached hydrogens (tertiary/aromatic N) is 2. The molecule has 1 fully saturated rings. The molecule has 5 aliphatic rings. The molecular weight excluding hydrogens is 496 g/mol. The first-order chi connectivity index (χ1) is 18.9. The summed E-state index contributed by atoms with van der Waals surface area (Å²) in [5.41, 5.74) is 5.20. The predicted molar refractivity (Wildman–Crippen MR) is 159 cm³/mol. The first kappa shape index (κ1) is 25.2. The van der Waals surface area contributed by atoms with Crippen LogP contribution >= 0.6 is 0 Å². The van der Waals surface area contributed by atoms with Crippen molar-refractivity contribution in [3.63, 3.8) is 0 Å². The molecule has 3 aliphatic heterocycles. The predicted octanol–water partition coefficient (Wildman–Crippen LogP) is 6.31. The highest BCUT2D eigenvalue weighted by Gasteiger charge is 2.44. The Bertz CT molecular complexity index is 1440. The van der Waals surface area contributed by atoms with Crippen LogP contribution in [0.5, 0.6) is 0 Å². The lowest BCUT2D eigenvalue weighted by Gasteiger charge is -2.37. The number of aliphatic imine (C=N–C) groups is 1. The maximum atomic E-state index is 15.2. The lowest BCUT2D eigenvalue weighted by Crippen LogP contribution is -2.40. The Morgan fingerprint density at radius 3 is 2.77 bits per heavy atom. The van der Waals surface area contributed by atoms with Gasteiger partial charge in [0.15, 0.2) is 5.66 Å². The van der Waals surface area contributed by atoms with Crippen LogP contribution in [0, 0.1) is 5.92 Å². The van der Waals surface area contributed by atoms with E-state index in [0.717, 1.165) is 53.5 Å². The number of hydrogen-bond acceptors (Lipinski definition) is 5. The number of halogens is 2. The summed E-state index contributed by atoms with van der Waals surface area (Å²) in [7, 11) is 0. The van der Waals surface area contributed by atoms with E-state index in [1.54, 1.807) is 6.07 Å². The number of carbonyl (C=O) groups is 1. The molecule has 6 nitrogen and oxygen atoms in total. The fourth-order valence-electron chi connectivity index (χ4n) is 5.52. The largest absolute Gasteiger partial charge is 0.381 e. The van der Waals surface area contributed by atoms with Crippen LogP contribution in [0.3, 0.4) is 0 Å². The number of alkyl halides is 1. The minimum Gasteiger partial charge on any atom is -0.381 e. The Labute approximate surface area is 231 Å². The van der Waals surface area contributed by atoms with Gasteiger partial charge in [-0.3, -0.25) is 14.7 Å². The fourth-order valence-corrected chi connectivity index (χ4v) is 5.52. The molecule has 0 spiro atoms. The number of amides is 1. The van der Waals surface area contributed by atoms with Crippen molar-refractivity contribution in [2.24, 2.45) is 4.99 Å². The summed E-state index contributed by atoms with van der Waals surface area (Å²) < 4.78 is 27.8. The van der Waals surface area contributed by atoms with Crippen LogP contribution < -0.4 is 16.0 Å². The highest BCUT2D eigenvalue weighted by Crippen LogP contribution is 2.52.